The summed E-state index contributed by atoms with van der Waals surface area (Å²) in [6.45, 7) is 15.7. The molecular weight excluding hydrogens is 392 g/mol. The first-order valence-electron chi connectivity index (χ1n) is 11.0. The van der Waals surface area contributed by atoms with Gasteiger partial charge in [0.1, 0.15) is 5.76 Å². The molecule has 1 aliphatic heterocycles. The van der Waals surface area contributed by atoms with Gasteiger partial charge < -0.3 is 14.9 Å². The highest BCUT2D eigenvalue weighted by Crippen LogP contribution is 2.32. The number of benzene rings is 1. The van der Waals surface area contributed by atoms with Gasteiger partial charge in [-0.2, -0.15) is 5.16 Å². The van der Waals surface area contributed by atoms with Gasteiger partial charge in [-0.05, 0) is 53.3 Å². The molecule has 1 fully saturated rings. The number of rotatable bonds is 3. The van der Waals surface area contributed by atoms with Gasteiger partial charge in [-0.1, -0.05) is 59.7 Å². The minimum atomic E-state index is -0.833. The maximum Gasteiger partial charge on any atom is 0.300 e. The van der Waals surface area contributed by atoms with Crippen LogP contribution in [0.15, 0.2) is 33.6 Å². The molecule has 0 aliphatic carbocycles. The number of carboxylic acids is 1. The Morgan fingerprint density at radius 3 is 2.06 bits per heavy atom. The average molecular weight is 431 g/mol. The summed E-state index contributed by atoms with van der Waals surface area (Å²) in [6.07, 6.45) is 3.00. The van der Waals surface area contributed by atoms with Crippen LogP contribution in [0, 0.1) is 0 Å². The molecule has 172 valence electrons. The summed E-state index contributed by atoms with van der Waals surface area (Å²) in [5, 5.41) is 13.5. The highest BCUT2D eigenvalue weighted by atomic mass is 16.5. The quantitative estimate of drug-likeness (QED) is 0.654. The molecule has 6 heteroatoms. The Morgan fingerprint density at radius 2 is 1.61 bits per heavy atom. The maximum absolute atomic E-state index is 11.4. The van der Waals surface area contributed by atoms with Crippen molar-refractivity contribution in [3.8, 4) is 0 Å². The molecule has 2 atom stereocenters. The van der Waals surface area contributed by atoms with E-state index < -0.39 is 5.97 Å². The molecule has 0 unspecified atom stereocenters. The van der Waals surface area contributed by atoms with Gasteiger partial charge in [-0.15, -0.1) is 0 Å². The minimum Gasteiger partial charge on any atom is -0.481 e. The second kappa shape index (κ2) is 9.86. The van der Waals surface area contributed by atoms with Gasteiger partial charge in [0.05, 0.1) is 0 Å². The van der Waals surface area contributed by atoms with E-state index in [0.29, 0.717) is 12.0 Å². The minimum absolute atomic E-state index is 0.132. The lowest BCUT2D eigenvalue weighted by Crippen LogP contribution is -2.38. The predicted octanol–water partition coefficient (Wildman–Crippen LogP) is 4.73. The van der Waals surface area contributed by atoms with Crippen molar-refractivity contribution in [1.29, 1.82) is 0 Å². The van der Waals surface area contributed by atoms with Crippen LogP contribution >= 0.6 is 0 Å². The summed E-state index contributed by atoms with van der Waals surface area (Å²) in [7, 11) is 0. The molecule has 0 radical (unpaired) electrons. The van der Waals surface area contributed by atoms with Gasteiger partial charge in [0.2, 0.25) is 0 Å². The van der Waals surface area contributed by atoms with Crippen molar-refractivity contribution < 1.29 is 14.4 Å². The molecule has 1 aromatic heterocycles. The smallest absolute Gasteiger partial charge is 0.300 e. The third kappa shape index (κ3) is 7.69. The highest BCUT2D eigenvalue weighted by Gasteiger charge is 2.27. The summed E-state index contributed by atoms with van der Waals surface area (Å²) < 4.78 is 5.36. The number of piperidine rings is 1. The van der Waals surface area contributed by atoms with Crippen molar-refractivity contribution in [3.05, 3.63) is 57.1 Å². The first kappa shape index (κ1) is 24.9. The monoisotopic (exact) mass is 430 g/mol. The van der Waals surface area contributed by atoms with Crippen LogP contribution in [0.1, 0.15) is 89.7 Å². The summed E-state index contributed by atoms with van der Waals surface area (Å²) in [6, 6.07) is 9.11. The Morgan fingerprint density at radius 1 is 1.06 bits per heavy atom. The molecule has 2 heterocycles. The molecule has 1 aliphatic rings. The Hall–Kier alpha value is -2.34. The number of carbonyl (C=O) groups is 1. The van der Waals surface area contributed by atoms with Gasteiger partial charge in [0.15, 0.2) is 0 Å². The number of aromatic nitrogens is 1. The topological polar surface area (TPSA) is 95.3 Å². The fourth-order valence-corrected chi connectivity index (χ4v) is 3.88. The predicted molar refractivity (Wildman–Crippen MR) is 124 cm³/mol. The van der Waals surface area contributed by atoms with Crippen LogP contribution in [0.3, 0.4) is 0 Å². The lowest BCUT2D eigenvalue weighted by molar-refractivity contribution is -0.134. The molecule has 3 rings (SSSR count). The Kier molecular flexibility index (Phi) is 7.93. The standard InChI is InChI=1S/C23H34N2O2.C2H4O2/c1-22(2,3)17-9-15(10-18(13-17)23(4,5)6)11-19-12-16(7-8-24-19)20-14-21(26)25-27-20;1-2(3)4/h9-10,13-14,16,19,24H,7-8,11-12H2,1-6H3,(H,25,26);1H3,(H,3,4)/t16-,19-;/m0./s1. The lowest BCUT2D eigenvalue weighted by atomic mass is 9.78. The molecular formula is C25H38N2O4. The van der Waals surface area contributed by atoms with Gasteiger partial charge in [0.25, 0.3) is 11.5 Å². The van der Waals surface area contributed by atoms with Crippen molar-refractivity contribution >= 4 is 5.97 Å². The zero-order valence-corrected chi connectivity index (χ0v) is 20.0. The van der Waals surface area contributed by atoms with E-state index in [9.17, 15) is 4.79 Å². The van der Waals surface area contributed by atoms with Crippen molar-refractivity contribution in [2.45, 2.75) is 90.5 Å². The molecule has 2 aromatic rings. The van der Waals surface area contributed by atoms with E-state index in [-0.39, 0.29) is 16.4 Å². The third-order valence-corrected chi connectivity index (χ3v) is 5.65. The second-order valence-electron chi connectivity index (χ2n) is 10.6. The van der Waals surface area contributed by atoms with Crippen LogP contribution in [0.5, 0.6) is 0 Å². The van der Waals surface area contributed by atoms with Crippen molar-refractivity contribution in [2.75, 3.05) is 6.54 Å². The average Bonchev–Trinajstić information content (AvgIpc) is 3.06. The number of aliphatic carboxylic acids is 1. The Labute approximate surface area is 185 Å². The van der Waals surface area contributed by atoms with Crippen LogP contribution in [-0.4, -0.2) is 28.8 Å². The first-order valence-corrected chi connectivity index (χ1v) is 11.0. The first-order chi connectivity index (χ1) is 14.3. The van der Waals surface area contributed by atoms with Crippen LogP contribution in [0.25, 0.3) is 0 Å². The molecule has 0 spiro atoms. The largest absolute Gasteiger partial charge is 0.481 e. The van der Waals surface area contributed by atoms with E-state index in [1.54, 1.807) is 6.07 Å². The molecule has 1 saturated heterocycles. The number of H-pyrrole nitrogens is 1. The van der Waals surface area contributed by atoms with Crippen LogP contribution < -0.4 is 10.9 Å². The number of carboxylic acid groups (broad SMARTS) is 1. The van der Waals surface area contributed by atoms with E-state index in [1.807, 2.05) is 0 Å². The Balaban J connectivity index is 0.000000785. The van der Waals surface area contributed by atoms with Crippen molar-refractivity contribution in [3.63, 3.8) is 0 Å². The molecule has 3 N–H and O–H groups in total. The second-order valence-corrected chi connectivity index (χ2v) is 10.6. The van der Waals surface area contributed by atoms with Crippen LogP contribution in [0.4, 0.5) is 0 Å². The van der Waals surface area contributed by atoms with Crippen molar-refractivity contribution in [1.82, 2.24) is 10.5 Å². The number of aromatic amines is 1. The summed E-state index contributed by atoms with van der Waals surface area (Å²) in [5.74, 6) is 0.272. The normalized spacial score (nSPS) is 19.5. The summed E-state index contributed by atoms with van der Waals surface area (Å²) in [4.78, 5) is 20.4. The molecule has 0 amide bonds. The Bertz CT molecular complexity index is 892. The SMILES string of the molecule is CC(=O)O.CC(C)(C)c1cc(C[C@H]2C[C@@H](c3cc(=O)[nH]o3)CCN2)cc(C(C)(C)C)c1. The number of hydrogen-bond acceptors (Lipinski definition) is 4. The highest BCUT2D eigenvalue weighted by molar-refractivity contribution is 5.62. The lowest BCUT2D eigenvalue weighted by Gasteiger charge is -2.31. The van der Waals surface area contributed by atoms with Gasteiger partial charge in [-0.3, -0.25) is 9.59 Å². The fraction of sp³-hybridized carbons (Fsp3) is 0.600. The molecule has 1 aromatic carbocycles. The number of hydrogen-bond donors (Lipinski definition) is 3. The maximum atomic E-state index is 11.4. The molecule has 6 nitrogen and oxygen atoms in total. The molecule has 31 heavy (non-hydrogen) atoms. The van der Waals surface area contributed by atoms with Crippen molar-refractivity contribution in [2.24, 2.45) is 0 Å². The van der Waals surface area contributed by atoms with E-state index in [4.69, 9.17) is 14.4 Å². The third-order valence-electron chi connectivity index (χ3n) is 5.65. The van der Waals surface area contributed by atoms with E-state index in [2.05, 4.69) is 70.2 Å². The summed E-state index contributed by atoms with van der Waals surface area (Å²) in [5.41, 5.74) is 4.30. The van der Waals surface area contributed by atoms with Gasteiger partial charge >= 0.3 is 0 Å². The summed E-state index contributed by atoms with van der Waals surface area (Å²) >= 11 is 0. The van der Waals surface area contributed by atoms with E-state index in [0.717, 1.165) is 38.5 Å². The molecule has 0 bridgehead atoms. The van der Waals surface area contributed by atoms with E-state index >= 15 is 0 Å². The van der Waals surface area contributed by atoms with Crippen LogP contribution in [-0.2, 0) is 22.0 Å². The number of nitrogens with one attached hydrogen (secondary N) is 2. The van der Waals surface area contributed by atoms with Crippen LogP contribution in [0.2, 0.25) is 0 Å². The molecule has 0 saturated carbocycles. The van der Waals surface area contributed by atoms with Gasteiger partial charge in [0, 0.05) is 24.9 Å². The fourth-order valence-electron chi connectivity index (χ4n) is 3.88. The zero-order chi connectivity index (χ0) is 23.4. The van der Waals surface area contributed by atoms with Gasteiger partial charge in [-0.25, -0.2) is 0 Å². The van der Waals surface area contributed by atoms with E-state index in [1.165, 1.54) is 16.7 Å². The zero-order valence-electron chi connectivity index (χ0n) is 20.0.